The van der Waals surface area contributed by atoms with Crippen LogP contribution >= 0.6 is 0 Å². The van der Waals surface area contributed by atoms with Crippen molar-refractivity contribution in [2.75, 3.05) is 7.11 Å². The molecule has 1 rings (SSSR count). The van der Waals surface area contributed by atoms with E-state index in [1.54, 1.807) is 7.11 Å². The summed E-state index contributed by atoms with van der Waals surface area (Å²) in [4.78, 5) is 10.6. The molecule has 0 heterocycles. The van der Waals surface area contributed by atoms with Crippen molar-refractivity contribution in [2.45, 2.75) is 31.4 Å². The number of hydrogen-bond donors (Lipinski definition) is 2. The third-order valence-corrected chi connectivity index (χ3v) is 2.40. The first kappa shape index (κ1) is 10.2. The van der Waals surface area contributed by atoms with E-state index < -0.39 is 12.0 Å². The minimum Gasteiger partial charge on any atom is -0.480 e. The van der Waals surface area contributed by atoms with Crippen LogP contribution in [0.25, 0.3) is 0 Å². The number of ether oxygens (including phenoxy) is 1. The number of methoxy groups -OCH3 is 1. The molecule has 13 heavy (non-hydrogen) atoms. The molecule has 0 saturated carbocycles. The average Bonchev–Trinajstić information content (AvgIpc) is 2.17. The second-order valence-corrected chi connectivity index (χ2v) is 3.23. The highest BCUT2D eigenvalue weighted by Crippen LogP contribution is 2.21. The van der Waals surface area contributed by atoms with Crippen LogP contribution in [0.5, 0.6) is 0 Å². The van der Waals surface area contributed by atoms with Gasteiger partial charge in [0.05, 0.1) is 6.10 Å². The Morgan fingerprint density at radius 3 is 2.92 bits per heavy atom. The molecule has 0 spiro atoms. The van der Waals surface area contributed by atoms with Crippen LogP contribution in [0.1, 0.15) is 19.3 Å². The van der Waals surface area contributed by atoms with Crippen LogP contribution in [-0.2, 0) is 9.53 Å². The molecule has 4 nitrogen and oxygen atoms in total. The molecule has 74 valence electrons. The summed E-state index contributed by atoms with van der Waals surface area (Å²) in [5, 5.41) is 8.66. The zero-order chi connectivity index (χ0) is 9.84. The highest BCUT2D eigenvalue weighted by Gasteiger charge is 2.21. The van der Waals surface area contributed by atoms with E-state index in [0.29, 0.717) is 0 Å². The van der Waals surface area contributed by atoms with E-state index >= 15 is 0 Å². The van der Waals surface area contributed by atoms with Crippen LogP contribution in [0.3, 0.4) is 0 Å². The summed E-state index contributed by atoms with van der Waals surface area (Å²) >= 11 is 0. The van der Waals surface area contributed by atoms with E-state index in [-0.39, 0.29) is 6.10 Å². The fourth-order valence-corrected chi connectivity index (χ4v) is 1.49. The summed E-state index contributed by atoms with van der Waals surface area (Å²) < 4.78 is 5.15. The predicted octanol–water partition coefficient (Wildman–Crippen LogP) is 0.524. The molecule has 1 aliphatic rings. The molecule has 0 aliphatic heterocycles. The van der Waals surface area contributed by atoms with E-state index in [0.717, 1.165) is 24.8 Å². The number of carboxylic acids is 1. The first-order valence-electron chi connectivity index (χ1n) is 4.35. The molecule has 2 unspecified atom stereocenters. The number of rotatable bonds is 3. The van der Waals surface area contributed by atoms with Crippen molar-refractivity contribution in [1.82, 2.24) is 0 Å². The van der Waals surface area contributed by atoms with Crippen LogP contribution in [0.2, 0.25) is 0 Å². The second kappa shape index (κ2) is 4.39. The van der Waals surface area contributed by atoms with Crippen molar-refractivity contribution in [3.63, 3.8) is 0 Å². The van der Waals surface area contributed by atoms with Crippen LogP contribution in [0.15, 0.2) is 11.6 Å². The lowest BCUT2D eigenvalue weighted by molar-refractivity contribution is -0.137. The molecule has 0 fully saturated rings. The number of carbonyl (C=O) groups is 1. The van der Waals surface area contributed by atoms with Gasteiger partial charge in [-0.15, -0.1) is 0 Å². The Balaban J connectivity index is 2.54. The molecule has 3 N–H and O–H groups in total. The third-order valence-electron chi connectivity index (χ3n) is 2.40. The van der Waals surface area contributed by atoms with Gasteiger partial charge in [0, 0.05) is 7.11 Å². The lowest BCUT2D eigenvalue weighted by atomic mass is 9.92. The van der Waals surface area contributed by atoms with E-state index in [9.17, 15) is 4.79 Å². The molecule has 0 aromatic carbocycles. The molecular weight excluding hydrogens is 170 g/mol. The van der Waals surface area contributed by atoms with Crippen molar-refractivity contribution >= 4 is 5.97 Å². The number of nitrogens with two attached hydrogens (primary N) is 1. The highest BCUT2D eigenvalue weighted by molar-refractivity contribution is 5.77. The average molecular weight is 185 g/mol. The van der Waals surface area contributed by atoms with Crippen molar-refractivity contribution in [3.05, 3.63) is 11.6 Å². The normalized spacial score (nSPS) is 25.1. The molecule has 0 radical (unpaired) electrons. The summed E-state index contributed by atoms with van der Waals surface area (Å²) in [6.45, 7) is 0. The van der Waals surface area contributed by atoms with Crippen LogP contribution in [0.4, 0.5) is 0 Å². The Labute approximate surface area is 77.4 Å². The van der Waals surface area contributed by atoms with Gasteiger partial charge in [0.25, 0.3) is 0 Å². The minimum absolute atomic E-state index is 0.227. The SMILES string of the molecule is COC1CC=C(C(N)C(=O)O)CC1. The summed E-state index contributed by atoms with van der Waals surface area (Å²) in [6.07, 6.45) is 4.48. The molecule has 0 saturated heterocycles. The maximum absolute atomic E-state index is 10.6. The van der Waals surface area contributed by atoms with Gasteiger partial charge in [0.15, 0.2) is 0 Å². The maximum Gasteiger partial charge on any atom is 0.324 e. The lowest BCUT2D eigenvalue weighted by Crippen LogP contribution is -2.34. The van der Waals surface area contributed by atoms with Gasteiger partial charge >= 0.3 is 5.97 Å². The second-order valence-electron chi connectivity index (χ2n) is 3.23. The predicted molar refractivity (Wildman–Crippen MR) is 48.3 cm³/mol. The molecular formula is C9H15NO3. The van der Waals surface area contributed by atoms with E-state index in [1.165, 1.54) is 0 Å². The van der Waals surface area contributed by atoms with E-state index in [2.05, 4.69) is 0 Å². The maximum atomic E-state index is 10.6. The van der Waals surface area contributed by atoms with E-state index in [4.69, 9.17) is 15.6 Å². The Kier molecular flexibility index (Phi) is 3.45. The largest absolute Gasteiger partial charge is 0.480 e. The van der Waals surface area contributed by atoms with Crippen LogP contribution in [-0.4, -0.2) is 30.3 Å². The number of aliphatic carboxylic acids is 1. The first-order chi connectivity index (χ1) is 6.15. The van der Waals surface area contributed by atoms with E-state index in [1.807, 2.05) is 6.08 Å². The smallest absolute Gasteiger partial charge is 0.324 e. The van der Waals surface area contributed by atoms with Gasteiger partial charge in [-0.05, 0) is 24.8 Å². The quantitative estimate of drug-likeness (QED) is 0.629. The van der Waals surface area contributed by atoms with Gasteiger partial charge in [-0.2, -0.15) is 0 Å². The zero-order valence-corrected chi connectivity index (χ0v) is 7.69. The standard InChI is InChI=1S/C9H15NO3/c1-13-7-4-2-6(3-5-7)8(10)9(11)12/h2,7-8H,3-5,10H2,1H3,(H,11,12). The summed E-state index contributed by atoms with van der Waals surface area (Å²) in [7, 11) is 1.67. The van der Waals surface area contributed by atoms with Gasteiger partial charge in [-0.25, -0.2) is 0 Å². The zero-order valence-electron chi connectivity index (χ0n) is 7.69. The minimum atomic E-state index is -0.956. The molecule has 2 atom stereocenters. The van der Waals surface area contributed by atoms with Crippen molar-refractivity contribution in [1.29, 1.82) is 0 Å². The lowest BCUT2D eigenvalue weighted by Gasteiger charge is -2.22. The van der Waals surface area contributed by atoms with Gasteiger partial charge in [-0.3, -0.25) is 4.79 Å². The first-order valence-corrected chi connectivity index (χ1v) is 4.35. The molecule has 0 aromatic heterocycles. The summed E-state index contributed by atoms with van der Waals surface area (Å²) in [5.74, 6) is -0.956. The van der Waals surface area contributed by atoms with Gasteiger partial charge < -0.3 is 15.6 Å². The van der Waals surface area contributed by atoms with Crippen molar-refractivity contribution < 1.29 is 14.6 Å². The fraction of sp³-hybridized carbons (Fsp3) is 0.667. The van der Waals surface area contributed by atoms with Crippen molar-refractivity contribution in [2.24, 2.45) is 5.73 Å². The topological polar surface area (TPSA) is 72.5 Å². The van der Waals surface area contributed by atoms with Crippen LogP contribution in [0, 0.1) is 0 Å². The fourth-order valence-electron chi connectivity index (χ4n) is 1.49. The molecule has 1 aliphatic carbocycles. The third kappa shape index (κ3) is 2.54. The molecule has 0 bridgehead atoms. The van der Waals surface area contributed by atoms with Crippen LogP contribution < -0.4 is 5.73 Å². The van der Waals surface area contributed by atoms with Crippen molar-refractivity contribution in [3.8, 4) is 0 Å². The summed E-state index contributed by atoms with van der Waals surface area (Å²) in [5.41, 5.74) is 6.29. The molecule has 0 amide bonds. The Morgan fingerprint density at radius 2 is 2.54 bits per heavy atom. The Bertz CT molecular complexity index is 225. The number of carboxylic acid groups (broad SMARTS) is 1. The van der Waals surface area contributed by atoms with Gasteiger partial charge in [0.1, 0.15) is 6.04 Å². The summed E-state index contributed by atoms with van der Waals surface area (Å²) in [6, 6.07) is -0.835. The van der Waals surface area contributed by atoms with Gasteiger partial charge in [-0.1, -0.05) is 6.08 Å². The highest BCUT2D eigenvalue weighted by atomic mass is 16.5. The Hall–Kier alpha value is -0.870. The number of hydrogen-bond acceptors (Lipinski definition) is 3. The molecule has 4 heteroatoms. The van der Waals surface area contributed by atoms with Gasteiger partial charge in [0.2, 0.25) is 0 Å². The Morgan fingerprint density at radius 1 is 1.85 bits per heavy atom. The monoisotopic (exact) mass is 185 g/mol. The molecule has 0 aromatic rings.